The van der Waals surface area contributed by atoms with Crippen LogP contribution in [0.15, 0.2) is 48.5 Å². The average molecular weight is 437 g/mol. The summed E-state index contributed by atoms with van der Waals surface area (Å²) in [5.74, 6) is -0.783. The van der Waals surface area contributed by atoms with E-state index in [9.17, 15) is 19.5 Å². The highest BCUT2D eigenvalue weighted by Crippen LogP contribution is 2.35. The number of hydrogen-bond acceptors (Lipinski definition) is 5. The first-order valence-corrected chi connectivity index (χ1v) is 10.9. The van der Waals surface area contributed by atoms with Gasteiger partial charge >= 0.3 is 6.03 Å². The van der Waals surface area contributed by atoms with Gasteiger partial charge in [-0.05, 0) is 48.6 Å². The predicted octanol–water partition coefficient (Wildman–Crippen LogP) is 3.08. The van der Waals surface area contributed by atoms with Crippen LogP contribution in [0.5, 0.6) is 5.75 Å². The normalized spacial score (nSPS) is 20.8. The zero-order valence-corrected chi connectivity index (χ0v) is 17.7. The maximum absolute atomic E-state index is 13.4. The van der Waals surface area contributed by atoms with Crippen LogP contribution >= 0.6 is 0 Å². The van der Waals surface area contributed by atoms with Crippen molar-refractivity contribution in [3.05, 3.63) is 65.2 Å². The Labute approximate surface area is 186 Å². The summed E-state index contributed by atoms with van der Waals surface area (Å²) >= 11 is 0. The SMILES string of the molecule is O=C(NO)c1ccc(CN2C(=O)N(CCc3ccccc3O)C(=O)C3CCCCC32)cc1. The van der Waals surface area contributed by atoms with Crippen molar-refractivity contribution in [1.29, 1.82) is 0 Å². The van der Waals surface area contributed by atoms with E-state index in [1.165, 1.54) is 4.90 Å². The van der Waals surface area contributed by atoms with Crippen LogP contribution in [0.25, 0.3) is 0 Å². The molecule has 4 amide bonds. The van der Waals surface area contributed by atoms with E-state index in [1.54, 1.807) is 52.8 Å². The number of nitrogens with zero attached hydrogens (tertiary/aromatic N) is 2. The smallest absolute Gasteiger partial charge is 0.327 e. The molecule has 0 bridgehead atoms. The van der Waals surface area contributed by atoms with E-state index in [-0.39, 0.29) is 36.2 Å². The number of nitrogens with one attached hydrogen (secondary N) is 1. The topological polar surface area (TPSA) is 110 Å². The van der Waals surface area contributed by atoms with Crippen LogP contribution in [0.1, 0.15) is 47.2 Å². The maximum atomic E-state index is 13.4. The van der Waals surface area contributed by atoms with E-state index in [2.05, 4.69) is 0 Å². The molecule has 2 aromatic rings. The van der Waals surface area contributed by atoms with E-state index < -0.39 is 5.91 Å². The monoisotopic (exact) mass is 437 g/mol. The highest BCUT2D eigenvalue weighted by atomic mass is 16.5. The lowest BCUT2D eigenvalue weighted by Gasteiger charge is -2.47. The molecule has 4 rings (SSSR count). The first kappa shape index (κ1) is 21.8. The molecule has 1 saturated heterocycles. The van der Waals surface area contributed by atoms with E-state index in [1.807, 2.05) is 6.07 Å². The molecule has 8 heteroatoms. The fourth-order valence-corrected chi connectivity index (χ4v) is 4.73. The highest BCUT2D eigenvalue weighted by molar-refractivity contribution is 5.99. The summed E-state index contributed by atoms with van der Waals surface area (Å²) in [6.07, 6.45) is 3.88. The van der Waals surface area contributed by atoms with E-state index in [0.29, 0.717) is 24.1 Å². The molecule has 0 radical (unpaired) electrons. The molecule has 1 heterocycles. The number of hydrogen-bond donors (Lipinski definition) is 3. The molecule has 3 N–H and O–H groups in total. The van der Waals surface area contributed by atoms with Crippen molar-refractivity contribution >= 4 is 17.8 Å². The number of amides is 4. The Morgan fingerprint density at radius 3 is 2.47 bits per heavy atom. The average Bonchev–Trinajstić information content (AvgIpc) is 2.82. The third-order valence-corrected chi connectivity index (χ3v) is 6.46. The second-order valence-electron chi connectivity index (χ2n) is 8.38. The summed E-state index contributed by atoms with van der Waals surface area (Å²) in [6.45, 7) is 0.548. The number of carbonyl (C=O) groups excluding carboxylic acids is 3. The van der Waals surface area contributed by atoms with Gasteiger partial charge in [0.2, 0.25) is 5.91 Å². The second kappa shape index (κ2) is 9.40. The molecule has 1 aliphatic carbocycles. The fourth-order valence-electron chi connectivity index (χ4n) is 4.73. The summed E-state index contributed by atoms with van der Waals surface area (Å²) in [7, 11) is 0. The third kappa shape index (κ3) is 4.31. The summed E-state index contributed by atoms with van der Waals surface area (Å²) in [6, 6.07) is 13.2. The summed E-state index contributed by atoms with van der Waals surface area (Å²) in [4.78, 5) is 41.2. The number of carbonyl (C=O) groups is 3. The fraction of sp³-hybridized carbons (Fsp3) is 0.375. The lowest BCUT2D eigenvalue weighted by molar-refractivity contribution is -0.140. The molecule has 0 aromatic heterocycles. The van der Waals surface area contributed by atoms with Crippen LogP contribution in [-0.4, -0.2) is 50.5 Å². The molecule has 1 aliphatic heterocycles. The van der Waals surface area contributed by atoms with Crippen LogP contribution in [0.4, 0.5) is 4.79 Å². The lowest BCUT2D eigenvalue weighted by Crippen LogP contribution is -2.62. The Morgan fingerprint density at radius 2 is 1.75 bits per heavy atom. The van der Waals surface area contributed by atoms with Gasteiger partial charge in [0.15, 0.2) is 0 Å². The number of phenols is 1. The van der Waals surface area contributed by atoms with Gasteiger partial charge in [0.25, 0.3) is 5.91 Å². The number of urea groups is 1. The van der Waals surface area contributed by atoms with E-state index in [0.717, 1.165) is 31.2 Å². The Hall–Kier alpha value is -3.39. The number of fused-ring (bicyclic) bond motifs is 1. The van der Waals surface area contributed by atoms with Gasteiger partial charge in [-0.1, -0.05) is 43.2 Å². The largest absolute Gasteiger partial charge is 0.508 e. The molecular weight excluding hydrogens is 410 g/mol. The molecule has 2 atom stereocenters. The Morgan fingerprint density at radius 1 is 1.03 bits per heavy atom. The summed E-state index contributed by atoms with van der Waals surface area (Å²) in [5.41, 5.74) is 3.46. The number of phenolic OH excluding ortho intramolecular Hbond substituents is 1. The number of benzene rings is 2. The minimum atomic E-state index is -0.598. The molecule has 1 saturated carbocycles. The lowest BCUT2D eigenvalue weighted by atomic mass is 9.81. The van der Waals surface area contributed by atoms with Crippen molar-refractivity contribution in [1.82, 2.24) is 15.3 Å². The van der Waals surface area contributed by atoms with Gasteiger partial charge in [-0.3, -0.25) is 19.7 Å². The first-order chi connectivity index (χ1) is 15.5. The first-order valence-electron chi connectivity index (χ1n) is 10.9. The van der Waals surface area contributed by atoms with Crippen molar-refractivity contribution < 1.29 is 24.7 Å². The molecule has 32 heavy (non-hydrogen) atoms. The Kier molecular flexibility index (Phi) is 6.41. The van der Waals surface area contributed by atoms with Crippen LogP contribution in [0, 0.1) is 5.92 Å². The molecule has 2 unspecified atom stereocenters. The van der Waals surface area contributed by atoms with Crippen LogP contribution in [0.2, 0.25) is 0 Å². The Bertz CT molecular complexity index is 1010. The van der Waals surface area contributed by atoms with Crippen molar-refractivity contribution in [3.8, 4) is 5.75 Å². The summed E-state index contributed by atoms with van der Waals surface area (Å²) < 4.78 is 0. The highest BCUT2D eigenvalue weighted by Gasteiger charge is 2.46. The van der Waals surface area contributed by atoms with Crippen molar-refractivity contribution in [2.75, 3.05) is 6.54 Å². The van der Waals surface area contributed by atoms with Crippen LogP contribution in [-0.2, 0) is 17.8 Å². The predicted molar refractivity (Wildman–Crippen MR) is 116 cm³/mol. The van der Waals surface area contributed by atoms with Gasteiger partial charge in [-0.15, -0.1) is 0 Å². The van der Waals surface area contributed by atoms with Gasteiger partial charge in [0.05, 0.1) is 5.92 Å². The van der Waals surface area contributed by atoms with E-state index >= 15 is 0 Å². The zero-order valence-electron chi connectivity index (χ0n) is 17.7. The number of aromatic hydroxyl groups is 1. The van der Waals surface area contributed by atoms with Gasteiger partial charge in [-0.2, -0.15) is 0 Å². The van der Waals surface area contributed by atoms with Crippen molar-refractivity contribution in [2.24, 2.45) is 5.92 Å². The molecule has 2 aromatic carbocycles. The molecule has 8 nitrogen and oxygen atoms in total. The molecule has 168 valence electrons. The standard InChI is InChI=1S/C24H27N3O5/c28-21-8-4-1-5-17(21)13-14-26-23(30)19-6-2-3-7-20(19)27(24(26)31)15-16-9-11-18(12-10-16)22(29)25-32/h1,4-5,8-12,19-20,28,32H,2-3,6-7,13-15H2,(H,25,29). The Balaban J connectivity index is 1.54. The van der Waals surface area contributed by atoms with Gasteiger partial charge < -0.3 is 10.0 Å². The molecule has 0 spiro atoms. The number of imide groups is 1. The minimum absolute atomic E-state index is 0.124. The molecular formula is C24H27N3O5. The molecule has 2 aliphatic rings. The number of para-hydroxylation sites is 1. The maximum Gasteiger partial charge on any atom is 0.327 e. The number of hydroxylamine groups is 1. The van der Waals surface area contributed by atoms with Crippen LogP contribution < -0.4 is 5.48 Å². The molecule has 2 fully saturated rings. The summed E-state index contributed by atoms with van der Waals surface area (Å²) in [5, 5.41) is 18.8. The van der Waals surface area contributed by atoms with Crippen molar-refractivity contribution in [3.63, 3.8) is 0 Å². The van der Waals surface area contributed by atoms with Gasteiger partial charge in [-0.25, -0.2) is 10.3 Å². The number of rotatable bonds is 6. The van der Waals surface area contributed by atoms with Crippen molar-refractivity contribution in [2.45, 2.75) is 44.7 Å². The minimum Gasteiger partial charge on any atom is -0.508 e. The van der Waals surface area contributed by atoms with Gasteiger partial charge in [0.1, 0.15) is 5.75 Å². The third-order valence-electron chi connectivity index (χ3n) is 6.46. The van der Waals surface area contributed by atoms with Crippen LogP contribution in [0.3, 0.4) is 0 Å². The van der Waals surface area contributed by atoms with Gasteiger partial charge in [0, 0.05) is 24.7 Å². The second-order valence-corrected chi connectivity index (χ2v) is 8.38. The quantitative estimate of drug-likeness (QED) is 0.475. The zero-order chi connectivity index (χ0) is 22.7. The van der Waals surface area contributed by atoms with E-state index in [4.69, 9.17) is 5.21 Å².